The predicted molar refractivity (Wildman–Crippen MR) is 185 cm³/mol. The van der Waals surface area contributed by atoms with Crippen molar-refractivity contribution in [3.8, 4) is 11.1 Å². The number of hydrogen-bond donors (Lipinski definition) is 0. The van der Waals surface area contributed by atoms with Crippen LogP contribution < -0.4 is 26.2 Å². The number of aryl methyl sites for hydroxylation is 4. The molecule has 43 heavy (non-hydrogen) atoms. The second kappa shape index (κ2) is 9.78. The zero-order valence-corrected chi connectivity index (χ0v) is 25.1. The Morgan fingerprint density at radius 2 is 0.977 bits per heavy atom. The molecule has 8 rings (SSSR count). The summed E-state index contributed by atoms with van der Waals surface area (Å²) in [5.41, 5.74) is 19.1. The molecule has 0 N–H and O–H groups in total. The van der Waals surface area contributed by atoms with Crippen LogP contribution in [0.4, 0.5) is 34.1 Å². The molecule has 6 aromatic carbocycles. The Morgan fingerprint density at radius 1 is 0.442 bits per heavy atom. The average molecular weight is 553 g/mol. The number of para-hydroxylation sites is 3. The van der Waals surface area contributed by atoms with Crippen LogP contribution in [0.2, 0.25) is 0 Å². The Balaban J connectivity index is 1.53. The van der Waals surface area contributed by atoms with Gasteiger partial charge in [-0.1, -0.05) is 90.0 Å². The van der Waals surface area contributed by atoms with Gasteiger partial charge in [0.15, 0.2) is 0 Å². The van der Waals surface area contributed by atoms with Gasteiger partial charge in [0.1, 0.15) is 0 Å². The molecular weight excluding hydrogens is 519 g/mol. The molecule has 0 radical (unpaired) electrons. The molecule has 206 valence electrons. The Bertz CT molecular complexity index is 1990. The molecule has 0 amide bonds. The minimum absolute atomic E-state index is 0.130. The van der Waals surface area contributed by atoms with Crippen molar-refractivity contribution < 1.29 is 0 Å². The smallest absolute Gasteiger partial charge is 0.252 e. The highest BCUT2D eigenvalue weighted by molar-refractivity contribution is 7.00. The summed E-state index contributed by atoms with van der Waals surface area (Å²) in [4.78, 5) is 4.97. The van der Waals surface area contributed by atoms with Crippen LogP contribution in [-0.4, -0.2) is 6.71 Å². The summed E-state index contributed by atoms with van der Waals surface area (Å²) in [6.45, 7) is 9.03. The van der Waals surface area contributed by atoms with Crippen LogP contribution in [0.25, 0.3) is 11.1 Å². The molecule has 0 unspecified atom stereocenters. The molecule has 3 heteroatoms. The lowest BCUT2D eigenvalue weighted by molar-refractivity contribution is 1.24. The van der Waals surface area contributed by atoms with E-state index >= 15 is 0 Å². The summed E-state index contributed by atoms with van der Waals surface area (Å²) in [5.74, 6) is 0. The van der Waals surface area contributed by atoms with E-state index in [0.29, 0.717) is 0 Å². The number of anilines is 6. The van der Waals surface area contributed by atoms with Crippen molar-refractivity contribution in [2.75, 3.05) is 9.80 Å². The quantitative estimate of drug-likeness (QED) is 0.202. The van der Waals surface area contributed by atoms with Crippen molar-refractivity contribution in [1.82, 2.24) is 0 Å². The van der Waals surface area contributed by atoms with E-state index in [9.17, 15) is 0 Å². The van der Waals surface area contributed by atoms with Gasteiger partial charge in [0.05, 0.1) is 0 Å². The Kier molecular flexibility index (Phi) is 5.84. The third-order valence-electron chi connectivity index (χ3n) is 9.12. The maximum atomic E-state index is 2.49. The van der Waals surface area contributed by atoms with Crippen LogP contribution in [0.1, 0.15) is 22.3 Å². The fraction of sp³-hybridized carbons (Fsp3) is 0.100. The molecule has 0 saturated heterocycles. The standard InChI is InChI=1S/C40H33BN2/c1-26-19-20-36-34(23-26)41-33-17-11-12-18-35(33)42(31-13-7-5-8-14-31)37-24-30(39-28(3)21-27(2)22-29(39)4)25-38(40(37)41)43(36)32-15-9-6-10-16-32/h5-25H,1-4H3. The van der Waals surface area contributed by atoms with Crippen molar-refractivity contribution in [3.63, 3.8) is 0 Å². The van der Waals surface area contributed by atoms with E-state index < -0.39 is 0 Å². The van der Waals surface area contributed by atoms with Gasteiger partial charge in [-0.15, -0.1) is 0 Å². The Labute approximate surface area is 255 Å². The van der Waals surface area contributed by atoms with Crippen molar-refractivity contribution >= 4 is 57.2 Å². The Hall–Kier alpha value is -5.02. The summed E-state index contributed by atoms with van der Waals surface area (Å²) in [6, 6.07) is 47.2. The first-order valence-electron chi connectivity index (χ1n) is 15.2. The molecule has 0 spiro atoms. The van der Waals surface area contributed by atoms with Gasteiger partial charge in [0, 0.05) is 34.1 Å². The van der Waals surface area contributed by atoms with Crippen molar-refractivity contribution in [2.24, 2.45) is 0 Å². The number of rotatable bonds is 3. The fourth-order valence-corrected chi connectivity index (χ4v) is 7.56. The molecule has 0 atom stereocenters. The highest BCUT2D eigenvalue weighted by atomic mass is 15.2. The summed E-state index contributed by atoms with van der Waals surface area (Å²) in [6.07, 6.45) is 0. The number of fused-ring (bicyclic) bond motifs is 4. The first kappa shape index (κ1) is 25.7. The SMILES string of the molecule is Cc1cc(C)c(-c2cc3c4c(c2)N(c2ccccc2)c2ccc(C)cc2B4c2ccccc2N3c2ccccc2)c(C)c1. The van der Waals surface area contributed by atoms with E-state index in [2.05, 4.69) is 165 Å². The summed E-state index contributed by atoms with van der Waals surface area (Å²) in [5, 5.41) is 0. The maximum absolute atomic E-state index is 2.49. The van der Waals surface area contributed by atoms with Crippen LogP contribution in [0.5, 0.6) is 0 Å². The minimum atomic E-state index is 0.130. The molecule has 0 aromatic heterocycles. The minimum Gasteiger partial charge on any atom is -0.311 e. The fourth-order valence-electron chi connectivity index (χ4n) is 7.56. The third kappa shape index (κ3) is 3.95. The van der Waals surface area contributed by atoms with Gasteiger partial charge < -0.3 is 9.80 Å². The predicted octanol–water partition coefficient (Wildman–Crippen LogP) is 8.67. The van der Waals surface area contributed by atoms with E-state index in [1.165, 1.54) is 83.9 Å². The monoisotopic (exact) mass is 552 g/mol. The van der Waals surface area contributed by atoms with Gasteiger partial charge in [0.25, 0.3) is 6.71 Å². The lowest BCUT2D eigenvalue weighted by Gasteiger charge is -2.44. The summed E-state index contributed by atoms with van der Waals surface area (Å²) >= 11 is 0. The van der Waals surface area contributed by atoms with Crippen LogP contribution in [0, 0.1) is 27.7 Å². The molecule has 0 aliphatic carbocycles. The second-order valence-electron chi connectivity index (χ2n) is 12.1. The van der Waals surface area contributed by atoms with Crippen LogP contribution in [0.3, 0.4) is 0 Å². The van der Waals surface area contributed by atoms with E-state index in [0.717, 1.165) is 0 Å². The average Bonchev–Trinajstić information content (AvgIpc) is 3.01. The number of benzene rings is 6. The molecular formula is C40H33BN2. The molecule has 0 saturated carbocycles. The molecule has 2 nitrogen and oxygen atoms in total. The van der Waals surface area contributed by atoms with E-state index in [4.69, 9.17) is 0 Å². The van der Waals surface area contributed by atoms with Gasteiger partial charge in [-0.2, -0.15) is 0 Å². The zero-order chi connectivity index (χ0) is 29.2. The molecule has 0 bridgehead atoms. The van der Waals surface area contributed by atoms with Gasteiger partial charge in [-0.25, -0.2) is 0 Å². The van der Waals surface area contributed by atoms with E-state index in [1.54, 1.807) is 0 Å². The van der Waals surface area contributed by atoms with E-state index in [-0.39, 0.29) is 6.71 Å². The van der Waals surface area contributed by atoms with Gasteiger partial charge in [-0.3, -0.25) is 0 Å². The number of hydrogen-bond acceptors (Lipinski definition) is 2. The van der Waals surface area contributed by atoms with Gasteiger partial charge in [0.2, 0.25) is 0 Å². The van der Waals surface area contributed by atoms with Crippen LogP contribution in [-0.2, 0) is 0 Å². The van der Waals surface area contributed by atoms with Crippen molar-refractivity contribution in [2.45, 2.75) is 27.7 Å². The Morgan fingerprint density at radius 3 is 1.58 bits per heavy atom. The largest absolute Gasteiger partial charge is 0.311 e. The zero-order valence-electron chi connectivity index (χ0n) is 25.1. The first-order chi connectivity index (χ1) is 21.0. The second-order valence-corrected chi connectivity index (χ2v) is 12.1. The lowest BCUT2D eigenvalue weighted by Crippen LogP contribution is -2.61. The highest BCUT2D eigenvalue weighted by Gasteiger charge is 2.43. The molecule has 0 fully saturated rings. The topological polar surface area (TPSA) is 6.48 Å². The molecule has 2 aliphatic heterocycles. The first-order valence-corrected chi connectivity index (χ1v) is 15.2. The molecule has 2 aliphatic rings. The van der Waals surface area contributed by atoms with E-state index in [1.807, 2.05) is 0 Å². The molecule has 2 heterocycles. The van der Waals surface area contributed by atoms with Crippen molar-refractivity contribution in [1.29, 1.82) is 0 Å². The normalized spacial score (nSPS) is 13.0. The van der Waals surface area contributed by atoms with Crippen molar-refractivity contribution in [3.05, 3.63) is 150 Å². The van der Waals surface area contributed by atoms with Gasteiger partial charge in [-0.05, 0) is 115 Å². The summed E-state index contributed by atoms with van der Waals surface area (Å²) in [7, 11) is 0. The highest BCUT2D eigenvalue weighted by Crippen LogP contribution is 2.46. The van der Waals surface area contributed by atoms with Gasteiger partial charge >= 0.3 is 0 Å². The summed E-state index contributed by atoms with van der Waals surface area (Å²) < 4.78 is 0. The van der Waals surface area contributed by atoms with Crippen LogP contribution >= 0.6 is 0 Å². The lowest BCUT2D eigenvalue weighted by atomic mass is 9.33. The van der Waals surface area contributed by atoms with Crippen LogP contribution in [0.15, 0.2) is 127 Å². The molecule has 6 aromatic rings. The third-order valence-corrected chi connectivity index (χ3v) is 9.12. The number of nitrogens with zero attached hydrogens (tertiary/aromatic N) is 2. The maximum Gasteiger partial charge on any atom is 0.252 e.